The Morgan fingerprint density at radius 1 is 1.14 bits per heavy atom. The molecule has 2 rings (SSSR count). The van der Waals surface area contributed by atoms with Gasteiger partial charge in [-0.15, -0.1) is 0 Å². The van der Waals surface area contributed by atoms with Crippen LogP contribution in [0.25, 0.3) is 0 Å². The van der Waals surface area contributed by atoms with Crippen molar-refractivity contribution < 1.29 is 10.0 Å². The van der Waals surface area contributed by atoms with Gasteiger partial charge < -0.3 is 10.4 Å². The molecule has 0 aliphatic carbocycles. The molecule has 0 saturated carbocycles. The van der Waals surface area contributed by atoms with Crippen molar-refractivity contribution in [2.24, 2.45) is 14.1 Å². The highest BCUT2D eigenvalue weighted by molar-refractivity contribution is 5.39. The number of nitrogens with zero attached hydrogens (tertiary/aromatic N) is 4. The van der Waals surface area contributed by atoms with E-state index in [4.69, 9.17) is 0 Å². The lowest BCUT2D eigenvalue weighted by Gasteiger charge is -2.22. The van der Waals surface area contributed by atoms with Gasteiger partial charge in [0.15, 0.2) is 0 Å². The summed E-state index contributed by atoms with van der Waals surface area (Å²) in [6, 6.07) is 8.06. The van der Waals surface area contributed by atoms with Crippen LogP contribution in [-0.4, -0.2) is 56.8 Å². The van der Waals surface area contributed by atoms with Gasteiger partial charge in [-0.1, -0.05) is 18.2 Å². The maximum Gasteiger partial charge on any atom is 0.332 e. The molecule has 0 unspecified atom stereocenters. The van der Waals surface area contributed by atoms with Crippen LogP contribution in [0, 0.1) is 10.1 Å². The Morgan fingerprint density at radius 2 is 1.86 bits per heavy atom. The number of aliphatic hydroxyl groups excluding tert-OH is 1. The second-order valence-corrected chi connectivity index (χ2v) is 6.75. The molecular formula is C19H27N5O5. The predicted octanol–water partition coefficient (Wildman–Crippen LogP) is 0.331. The van der Waals surface area contributed by atoms with Gasteiger partial charge in [-0.25, -0.2) is 4.79 Å². The molecule has 10 heteroatoms. The summed E-state index contributed by atoms with van der Waals surface area (Å²) in [4.78, 5) is 36.5. The lowest BCUT2D eigenvalue weighted by molar-refractivity contribution is -0.385. The van der Waals surface area contributed by atoms with Gasteiger partial charge in [0.25, 0.3) is 11.2 Å². The predicted molar refractivity (Wildman–Crippen MR) is 110 cm³/mol. The van der Waals surface area contributed by atoms with Crippen molar-refractivity contribution in [3.63, 3.8) is 0 Å². The fraction of sp³-hybridized carbons (Fsp3) is 0.474. The third-order valence-corrected chi connectivity index (χ3v) is 4.79. The highest BCUT2D eigenvalue weighted by atomic mass is 16.6. The van der Waals surface area contributed by atoms with Crippen molar-refractivity contribution in [2.45, 2.75) is 12.8 Å². The summed E-state index contributed by atoms with van der Waals surface area (Å²) in [6.07, 6.45) is 1.27. The monoisotopic (exact) mass is 405 g/mol. The highest BCUT2D eigenvalue weighted by Gasteiger charge is 2.13. The molecule has 1 aromatic carbocycles. The SMILES string of the molecule is Cn1c(NCCN(CCO)CCCc2ccccc2[N+](=O)[O-])cc(=O)n(C)c1=O. The summed E-state index contributed by atoms with van der Waals surface area (Å²) in [6.45, 7) is 2.18. The van der Waals surface area contributed by atoms with Crippen molar-refractivity contribution in [1.82, 2.24) is 14.0 Å². The number of aliphatic hydroxyl groups is 1. The number of hydrogen-bond acceptors (Lipinski definition) is 7. The number of aromatic nitrogens is 2. The maximum atomic E-state index is 12.0. The Balaban J connectivity index is 1.90. The number of anilines is 1. The molecule has 0 aliphatic rings. The highest BCUT2D eigenvalue weighted by Crippen LogP contribution is 2.19. The van der Waals surface area contributed by atoms with Crippen molar-refractivity contribution in [3.8, 4) is 0 Å². The van der Waals surface area contributed by atoms with E-state index in [9.17, 15) is 24.8 Å². The van der Waals surface area contributed by atoms with Gasteiger partial charge in [0.1, 0.15) is 5.82 Å². The van der Waals surface area contributed by atoms with Crippen molar-refractivity contribution in [2.75, 3.05) is 38.1 Å². The normalized spacial score (nSPS) is 11.0. The van der Waals surface area contributed by atoms with Gasteiger partial charge in [0, 0.05) is 51.4 Å². The zero-order valence-corrected chi connectivity index (χ0v) is 16.7. The number of hydrogen-bond donors (Lipinski definition) is 2. The molecule has 29 heavy (non-hydrogen) atoms. The number of nitro groups is 1. The van der Waals surface area contributed by atoms with Gasteiger partial charge in [-0.3, -0.25) is 28.9 Å². The largest absolute Gasteiger partial charge is 0.395 e. The molecule has 0 bridgehead atoms. The molecule has 1 aromatic heterocycles. The topological polar surface area (TPSA) is 123 Å². The standard InChI is InChI=1S/C19H27N5O5/c1-21-17(14-18(26)22(2)19(21)27)20-9-11-23(12-13-25)10-5-7-15-6-3-4-8-16(15)24(28)29/h3-4,6,8,14,20,25H,5,7,9-13H2,1-2H3. The van der Waals surface area contributed by atoms with E-state index in [0.717, 1.165) is 4.57 Å². The third kappa shape index (κ3) is 6.00. The van der Waals surface area contributed by atoms with Crippen LogP contribution in [0.4, 0.5) is 11.5 Å². The van der Waals surface area contributed by atoms with Crippen molar-refractivity contribution in [3.05, 3.63) is 66.8 Å². The smallest absolute Gasteiger partial charge is 0.332 e. The minimum atomic E-state index is -0.406. The molecule has 10 nitrogen and oxygen atoms in total. The van der Waals surface area contributed by atoms with Crippen LogP contribution in [0.5, 0.6) is 0 Å². The van der Waals surface area contributed by atoms with E-state index in [2.05, 4.69) is 5.32 Å². The lowest BCUT2D eigenvalue weighted by atomic mass is 10.1. The molecular weight excluding hydrogens is 378 g/mol. The number of benzene rings is 1. The number of nitro benzene ring substituents is 1. The molecule has 2 aromatic rings. The first kappa shape index (κ1) is 22.3. The first-order valence-corrected chi connectivity index (χ1v) is 9.41. The number of rotatable bonds is 11. The average molecular weight is 405 g/mol. The fourth-order valence-corrected chi connectivity index (χ4v) is 3.11. The Hall–Kier alpha value is -2.98. The second kappa shape index (κ2) is 10.5. The first-order valence-electron chi connectivity index (χ1n) is 9.41. The zero-order valence-electron chi connectivity index (χ0n) is 16.7. The Morgan fingerprint density at radius 3 is 2.55 bits per heavy atom. The van der Waals surface area contributed by atoms with Crippen LogP contribution in [0.1, 0.15) is 12.0 Å². The van der Waals surface area contributed by atoms with Crippen LogP contribution in [0.2, 0.25) is 0 Å². The molecule has 0 radical (unpaired) electrons. The van der Waals surface area contributed by atoms with E-state index >= 15 is 0 Å². The Kier molecular flexibility index (Phi) is 8.10. The minimum Gasteiger partial charge on any atom is -0.395 e. The summed E-state index contributed by atoms with van der Waals surface area (Å²) >= 11 is 0. The van der Waals surface area contributed by atoms with Crippen LogP contribution < -0.4 is 16.6 Å². The molecule has 0 fully saturated rings. The zero-order chi connectivity index (χ0) is 21.4. The summed E-state index contributed by atoms with van der Waals surface area (Å²) in [5, 5.41) is 23.5. The minimum absolute atomic E-state index is 0.00412. The second-order valence-electron chi connectivity index (χ2n) is 6.75. The number of nitrogens with one attached hydrogen (secondary N) is 1. The van der Waals surface area contributed by atoms with Gasteiger partial charge in [-0.05, 0) is 19.4 Å². The lowest BCUT2D eigenvalue weighted by Crippen LogP contribution is -2.38. The van der Waals surface area contributed by atoms with Crippen molar-refractivity contribution >= 4 is 11.5 Å². The van der Waals surface area contributed by atoms with Crippen molar-refractivity contribution in [1.29, 1.82) is 0 Å². The van der Waals surface area contributed by atoms with E-state index in [1.807, 2.05) is 4.90 Å². The first-order chi connectivity index (χ1) is 13.8. The molecule has 0 amide bonds. The Labute approximate surface area is 168 Å². The van der Waals surface area contributed by atoms with E-state index in [0.29, 0.717) is 50.4 Å². The fourth-order valence-electron chi connectivity index (χ4n) is 3.11. The van der Waals surface area contributed by atoms with Gasteiger partial charge >= 0.3 is 5.69 Å². The summed E-state index contributed by atoms with van der Waals surface area (Å²) < 4.78 is 2.40. The maximum absolute atomic E-state index is 12.0. The Bertz CT molecular complexity index is 953. The summed E-state index contributed by atoms with van der Waals surface area (Å²) in [5.41, 5.74) is 0.0214. The van der Waals surface area contributed by atoms with Gasteiger partial charge in [-0.2, -0.15) is 0 Å². The summed E-state index contributed by atoms with van der Waals surface area (Å²) in [7, 11) is 3.01. The number of para-hydroxylation sites is 1. The van der Waals surface area contributed by atoms with Gasteiger partial charge in [0.2, 0.25) is 0 Å². The molecule has 1 heterocycles. The molecule has 0 atom stereocenters. The third-order valence-electron chi connectivity index (χ3n) is 4.79. The van der Waals surface area contributed by atoms with Crippen LogP contribution >= 0.6 is 0 Å². The van der Waals surface area contributed by atoms with E-state index < -0.39 is 5.69 Å². The van der Waals surface area contributed by atoms with Crippen LogP contribution in [-0.2, 0) is 20.5 Å². The average Bonchev–Trinajstić information content (AvgIpc) is 2.70. The molecule has 0 aliphatic heterocycles. The van der Waals surface area contributed by atoms with E-state index in [1.165, 1.54) is 23.7 Å². The van der Waals surface area contributed by atoms with E-state index in [1.54, 1.807) is 25.2 Å². The van der Waals surface area contributed by atoms with E-state index in [-0.39, 0.29) is 22.8 Å². The van der Waals surface area contributed by atoms with Crippen LogP contribution in [0.15, 0.2) is 39.9 Å². The molecule has 158 valence electrons. The molecule has 2 N–H and O–H groups in total. The van der Waals surface area contributed by atoms with Gasteiger partial charge in [0.05, 0.1) is 11.5 Å². The van der Waals surface area contributed by atoms with Crippen LogP contribution in [0.3, 0.4) is 0 Å². The summed E-state index contributed by atoms with van der Waals surface area (Å²) in [5.74, 6) is 0.432. The quantitative estimate of drug-likeness (QED) is 0.408. The number of aryl methyl sites for hydroxylation is 1. The molecule has 0 spiro atoms. The molecule has 0 saturated heterocycles.